The minimum atomic E-state index is -3.24. The van der Waals surface area contributed by atoms with Crippen LogP contribution in [0.1, 0.15) is 84.5 Å². The van der Waals surface area contributed by atoms with E-state index in [1.165, 1.54) is 38.5 Å². The van der Waals surface area contributed by atoms with Crippen molar-refractivity contribution < 1.29 is 8.42 Å². The van der Waals surface area contributed by atoms with Crippen LogP contribution in [0.2, 0.25) is 0 Å². The summed E-state index contributed by atoms with van der Waals surface area (Å²) in [7, 11) is -3.24. The van der Waals surface area contributed by atoms with Crippen molar-refractivity contribution in [1.29, 1.82) is 0 Å². The largest absolute Gasteiger partial charge is 0.275 e. The van der Waals surface area contributed by atoms with Crippen molar-refractivity contribution in [3.63, 3.8) is 0 Å². The lowest BCUT2D eigenvalue weighted by atomic mass is 9.74. The number of hydrogen-bond donors (Lipinski definition) is 3. The van der Waals surface area contributed by atoms with E-state index < -0.39 is 10.0 Å². The maximum absolute atomic E-state index is 13.1. The van der Waals surface area contributed by atoms with Crippen LogP contribution in [0.3, 0.4) is 0 Å². The van der Waals surface area contributed by atoms with Crippen LogP contribution in [-0.4, -0.2) is 47.6 Å². The lowest BCUT2D eigenvalue weighted by molar-refractivity contribution is 0.151. The van der Waals surface area contributed by atoms with Gasteiger partial charge >= 0.3 is 0 Å². The van der Waals surface area contributed by atoms with Crippen molar-refractivity contribution in [2.45, 2.75) is 112 Å². The fraction of sp³-hybridized carbons (Fsp3) is 1.00. The SMILES string of the molecule is CC1NNC(N2CC(CC3CCCCC3)C3CCC(S(=O)(=O)NC4(C)CC4)CC32)S1. The van der Waals surface area contributed by atoms with Gasteiger partial charge in [-0.3, -0.25) is 4.90 Å². The van der Waals surface area contributed by atoms with Gasteiger partial charge in [0.2, 0.25) is 10.0 Å². The first-order chi connectivity index (χ1) is 14.3. The Labute approximate surface area is 187 Å². The van der Waals surface area contributed by atoms with Crippen LogP contribution in [-0.2, 0) is 10.0 Å². The summed E-state index contributed by atoms with van der Waals surface area (Å²) in [6, 6.07) is 0.387. The van der Waals surface area contributed by atoms with E-state index in [2.05, 4.69) is 27.4 Å². The minimum absolute atomic E-state index is 0.170. The average molecular weight is 457 g/mol. The Morgan fingerprint density at radius 2 is 1.87 bits per heavy atom. The first-order valence-electron chi connectivity index (χ1n) is 12.3. The molecule has 5 aliphatic rings. The molecule has 2 aliphatic heterocycles. The van der Waals surface area contributed by atoms with Gasteiger partial charge < -0.3 is 0 Å². The van der Waals surface area contributed by atoms with E-state index in [0.29, 0.717) is 17.3 Å². The molecule has 0 radical (unpaired) electrons. The first kappa shape index (κ1) is 22.0. The number of likely N-dealkylation sites (tertiary alicyclic amines) is 1. The zero-order valence-electron chi connectivity index (χ0n) is 18.6. The van der Waals surface area contributed by atoms with Crippen LogP contribution in [0.5, 0.6) is 0 Å². The molecule has 8 heteroatoms. The molecule has 172 valence electrons. The Morgan fingerprint density at radius 1 is 1.10 bits per heavy atom. The van der Waals surface area contributed by atoms with E-state index >= 15 is 0 Å². The lowest BCUT2D eigenvalue weighted by Gasteiger charge is -2.39. The standard InChI is InChI=1S/C22H40N4O2S2/c1-15-23-24-21(29-15)26-14-17(12-16-6-4-3-5-7-16)19-9-8-18(13-20(19)26)30(27,28)25-22(2)10-11-22/h15-21,23-25H,3-14H2,1-2H3. The van der Waals surface area contributed by atoms with Gasteiger partial charge in [-0.15, -0.1) is 11.8 Å². The van der Waals surface area contributed by atoms with E-state index in [9.17, 15) is 8.42 Å². The number of nitrogens with one attached hydrogen (secondary N) is 3. The summed E-state index contributed by atoms with van der Waals surface area (Å²) in [5, 5.41) is 0.161. The Bertz CT molecular complexity index is 723. The molecule has 6 unspecified atom stereocenters. The summed E-state index contributed by atoms with van der Waals surface area (Å²) in [5.41, 5.74) is 6.93. The van der Waals surface area contributed by atoms with Crippen LogP contribution >= 0.6 is 11.8 Å². The number of fused-ring (bicyclic) bond motifs is 1. The average Bonchev–Trinajstić information content (AvgIpc) is 3.11. The summed E-state index contributed by atoms with van der Waals surface area (Å²) in [6.45, 7) is 5.37. The van der Waals surface area contributed by atoms with Gasteiger partial charge in [0.15, 0.2) is 0 Å². The highest BCUT2D eigenvalue weighted by molar-refractivity contribution is 8.00. The molecule has 0 bridgehead atoms. The van der Waals surface area contributed by atoms with E-state index in [0.717, 1.165) is 50.5 Å². The van der Waals surface area contributed by atoms with Crippen LogP contribution in [0.25, 0.3) is 0 Å². The highest BCUT2D eigenvalue weighted by Gasteiger charge is 2.51. The minimum Gasteiger partial charge on any atom is -0.275 e. The van der Waals surface area contributed by atoms with Crippen molar-refractivity contribution in [1.82, 2.24) is 20.5 Å². The summed E-state index contributed by atoms with van der Waals surface area (Å²) >= 11 is 1.93. The van der Waals surface area contributed by atoms with E-state index in [-0.39, 0.29) is 16.3 Å². The van der Waals surface area contributed by atoms with Gasteiger partial charge in [0, 0.05) is 18.1 Å². The summed E-state index contributed by atoms with van der Waals surface area (Å²) in [5.74, 6) is 2.28. The number of nitrogens with zero attached hydrogens (tertiary/aromatic N) is 1. The normalized spacial score (nSPS) is 42.3. The molecule has 3 aliphatic carbocycles. The summed E-state index contributed by atoms with van der Waals surface area (Å²) < 4.78 is 29.3. The first-order valence-corrected chi connectivity index (χ1v) is 14.8. The molecule has 2 heterocycles. The molecule has 0 aromatic heterocycles. The quantitative estimate of drug-likeness (QED) is 0.569. The topological polar surface area (TPSA) is 73.5 Å². The predicted octanol–water partition coefficient (Wildman–Crippen LogP) is 3.37. The number of hydrazine groups is 1. The number of hydrogen-bond acceptors (Lipinski definition) is 6. The fourth-order valence-electron chi connectivity index (χ4n) is 6.58. The Morgan fingerprint density at radius 3 is 2.53 bits per heavy atom. The maximum Gasteiger partial charge on any atom is 0.215 e. The Kier molecular flexibility index (Phi) is 6.21. The van der Waals surface area contributed by atoms with Gasteiger partial charge in [0.25, 0.3) is 0 Å². The van der Waals surface area contributed by atoms with Gasteiger partial charge in [0.05, 0.1) is 10.6 Å². The van der Waals surface area contributed by atoms with Gasteiger partial charge in [-0.05, 0) is 70.1 Å². The molecule has 6 nitrogen and oxygen atoms in total. The second-order valence-electron chi connectivity index (χ2n) is 11.0. The van der Waals surface area contributed by atoms with Crippen LogP contribution in [0.15, 0.2) is 0 Å². The van der Waals surface area contributed by atoms with Gasteiger partial charge in [-0.25, -0.2) is 24.0 Å². The molecule has 0 amide bonds. The third kappa shape index (κ3) is 4.60. The Hall–Kier alpha value is 0.140. The van der Waals surface area contributed by atoms with E-state index in [1.807, 2.05) is 18.7 Å². The Balaban J connectivity index is 1.31. The molecule has 0 spiro atoms. The predicted molar refractivity (Wildman–Crippen MR) is 123 cm³/mol. The van der Waals surface area contributed by atoms with Gasteiger partial charge in [-0.1, -0.05) is 32.1 Å². The van der Waals surface area contributed by atoms with Crippen LogP contribution < -0.4 is 15.6 Å². The number of rotatable bonds is 6. The molecule has 2 saturated heterocycles. The van der Waals surface area contributed by atoms with Gasteiger partial charge in [0.1, 0.15) is 5.50 Å². The van der Waals surface area contributed by atoms with E-state index in [4.69, 9.17) is 0 Å². The molecule has 30 heavy (non-hydrogen) atoms. The monoisotopic (exact) mass is 456 g/mol. The van der Waals surface area contributed by atoms with Crippen LogP contribution in [0, 0.1) is 17.8 Å². The zero-order valence-corrected chi connectivity index (χ0v) is 20.2. The van der Waals surface area contributed by atoms with E-state index in [1.54, 1.807) is 0 Å². The highest BCUT2D eigenvalue weighted by atomic mass is 32.2. The van der Waals surface area contributed by atoms with Crippen molar-refractivity contribution in [2.24, 2.45) is 17.8 Å². The number of sulfonamides is 1. The maximum atomic E-state index is 13.1. The van der Waals surface area contributed by atoms with Crippen molar-refractivity contribution >= 4 is 21.8 Å². The lowest BCUT2D eigenvalue weighted by Crippen LogP contribution is -2.51. The molecule has 6 atom stereocenters. The molecule has 3 N–H and O–H groups in total. The smallest absolute Gasteiger partial charge is 0.215 e. The van der Waals surface area contributed by atoms with Gasteiger partial charge in [-0.2, -0.15) is 0 Å². The third-order valence-electron chi connectivity index (χ3n) is 8.53. The third-order valence-corrected chi connectivity index (χ3v) is 11.8. The highest BCUT2D eigenvalue weighted by Crippen LogP contribution is 2.47. The summed E-state index contributed by atoms with van der Waals surface area (Å²) in [4.78, 5) is 2.62. The van der Waals surface area contributed by atoms with Crippen LogP contribution in [0.4, 0.5) is 0 Å². The molecule has 5 rings (SSSR count). The molecule has 0 aromatic rings. The second-order valence-corrected chi connectivity index (χ2v) is 14.4. The second kappa shape index (κ2) is 8.49. The van der Waals surface area contributed by atoms with Crippen molar-refractivity contribution in [3.8, 4) is 0 Å². The zero-order chi connectivity index (χ0) is 20.9. The van der Waals surface area contributed by atoms with Crippen molar-refractivity contribution in [2.75, 3.05) is 6.54 Å². The number of thioether (sulfide) groups is 1. The summed E-state index contributed by atoms with van der Waals surface area (Å²) in [6.07, 6.45) is 13.0. The molecule has 0 aromatic carbocycles. The van der Waals surface area contributed by atoms with Crippen molar-refractivity contribution in [3.05, 3.63) is 0 Å². The molecule has 5 fully saturated rings. The fourth-order valence-corrected chi connectivity index (χ4v) is 9.60. The molecular formula is C22H40N4O2S2. The molecular weight excluding hydrogens is 416 g/mol. The molecule has 3 saturated carbocycles.